The molecule has 3 N–H and O–H groups in total. The van der Waals surface area contributed by atoms with E-state index in [2.05, 4.69) is 5.32 Å². The molecule has 1 saturated carbocycles. The van der Waals surface area contributed by atoms with Gasteiger partial charge in [-0.25, -0.2) is 0 Å². The number of carbonyl (C=O) groups is 1. The van der Waals surface area contributed by atoms with E-state index in [1.54, 1.807) is 4.90 Å². The van der Waals surface area contributed by atoms with E-state index in [0.717, 1.165) is 12.8 Å². The predicted octanol–water partition coefficient (Wildman–Crippen LogP) is -0.917. The summed E-state index contributed by atoms with van der Waals surface area (Å²) in [6, 6.07) is 0.338. The van der Waals surface area contributed by atoms with Gasteiger partial charge in [0, 0.05) is 19.1 Å². The normalized spacial score (nSPS) is 32.1. The minimum absolute atomic E-state index is 0.00759. The SMILES string of the molecule is O=C(CN1CC(O)C(O)C1)NC1CCCC1. The Morgan fingerprint density at radius 1 is 1.19 bits per heavy atom. The van der Waals surface area contributed by atoms with Crippen LogP contribution in [0.4, 0.5) is 0 Å². The zero-order valence-electron chi connectivity index (χ0n) is 9.43. The van der Waals surface area contributed by atoms with Crippen molar-refractivity contribution in [1.82, 2.24) is 10.2 Å². The van der Waals surface area contributed by atoms with E-state index >= 15 is 0 Å². The zero-order chi connectivity index (χ0) is 11.5. The molecule has 92 valence electrons. The zero-order valence-corrected chi connectivity index (χ0v) is 9.43. The van der Waals surface area contributed by atoms with Crippen LogP contribution in [-0.4, -0.2) is 58.9 Å². The molecule has 16 heavy (non-hydrogen) atoms. The summed E-state index contributed by atoms with van der Waals surface area (Å²) in [4.78, 5) is 13.4. The second-order valence-electron chi connectivity index (χ2n) is 4.88. The molecule has 1 aliphatic heterocycles. The molecular formula is C11H20N2O3. The highest BCUT2D eigenvalue weighted by Crippen LogP contribution is 2.17. The van der Waals surface area contributed by atoms with E-state index in [1.807, 2.05) is 0 Å². The Balaban J connectivity index is 1.71. The number of aliphatic hydroxyl groups is 2. The Bertz CT molecular complexity index is 244. The standard InChI is InChI=1S/C11H20N2O3/c14-9-5-13(6-10(9)15)7-11(16)12-8-3-1-2-4-8/h8-10,14-15H,1-7H2,(H,12,16). The minimum Gasteiger partial charge on any atom is -0.389 e. The molecular weight excluding hydrogens is 208 g/mol. The van der Waals surface area contributed by atoms with Gasteiger partial charge in [-0.2, -0.15) is 0 Å². The lowest BCUT2D eigenvalue weighted by molar-refractivity contribution is -0.122. The highest BCUT2D eigenvalue weighted by molar-refractivity contribution is 5.78. The second kappa shape index (κ2) is 5.12. The van der Waals surface area contributed by atoms with Gasteiger partial charge in [-0.3, -0.25) is 9.69 Å². The molecule has 5 heteroatoms. The molecule has 1 amide bonds. The molecule has 1 aliphatic carbocycles. The number of hydrogen-bond acceptors (Lipinski definition) is 4. The van der Waals surface area contributed by atoms with E-state index < -0.39 is 12.2 Å². The fraction of sp³-hybridized carbons (Fsp3) is 0.909. The molecule has 2 rings (SSSR count). The molecule has 2 atom stereocenters. The monoisotopic (exact) mass is 228 g/mol. The van der Waals surface area contributed by atoms with Crippen molar-refractivity contribution >= 4 is 5.91 Å². The predicted molar refractivity (Wildman–Crippen MR) is 58.9 cm³/mol. The van der Waals surface area contributed by atoms with Gasteiger partial charge >= 0.3 is 0 Å². The molecule has 0 aromatic carbocycles. The van der Waals surface area contributed by atoms with Crippen LogP contribution in [0.5, 0.6) is 0 Å². The van der Waals surface area contributed by atoms with Crippen molar-refractivity contribution in [3.63, 3.8) is 0 Å². The fourth-order valence-electron chi connectivity index (χ4n) is 2.52. The van der Waals surface area contributed by atoms with Gasteiger partial charge in [0.1, 0.15) is 0 Å². The first-order chi connectivity index (χ1) is 7.65. The third-order valence-electron chi connectivity index (χ3n) is 3.42. The van der Waals surface area contributed by atoms with Crippen molar-refractivity contribution < 1.29 is 15.0 Å². The van der Waals surface area contributed by atoms with Crippen LogP contribution in [0, 0.1) is 0 Å². The maximum atomic E-state index is 11.7. The highest BCUT2D eigenvalue weighted by Gasteiger charge is 2.30. The van der Waals surface area contributed by atoms with Gasteiger partial charge in [0.05, 0.1) is 18.8 Å². The Labute approximate surface area is 95.4 Å². The smallest absolute Gasteiger partial charge is 0.234 e. The summed E-state index contributed by atoms with van der Waals surface area (Å²) in [5.74, 6) is 0.00759. The van der Waals surface area contributed by atoms with E-state index in [4.69, 9.17) is 0 Å². The van der Waals surface area contributed by atoms with Gasteiger partial charge in [-0.1, -0.05) is 12.8 Å². The van der Waals surface area contributed by atoms with Crippen LogP contribution in [0.1, 0.15) is 25.7 Å². The third-order valence-corrected chi connectivity index (χ3v) is 3.42. The van der Waals surface area contributed by atoms with Crippen molar-refractivity contribution in [2.45, 2.75) is 43.9 Å². The third kappa shape index (κ3) is 2.93. The van der Waals surface area contributed by atoms with Crippen molar-refractivity contribution in [2.75, 3.05) is 19.6 Å². The summed E-state index contributed by atoms with van der Waals surface area (Å²) >= 11 is 0. The summed E-state index contributed by atoms with van der Waals surface area (Å²) in [6.07, 6.45) is 3.14. The maximum Gasteiger partial charge on any atom is 0.234 e. The molecule has 2 fully saturated rings. The number of carbonyl (C=O) groups excluding carboxylic acids is 1. The quantitative estimate of drug-likeness (QED) is 0.584. The van der Waals surface area contributed by atoms with Gasteiger partial charge in [-0.05, 0) is 12.8 Å². The largest absolute Gasteiger partial charge is 0.389 e. The summed E-state index contributed by atoms with van der Waals surface area (Å²) < 4.78 is 0. The number of hydrogen-bond donors (Lipinski definition) is 3. The van der Waals surface area contributed by atoms with Crippen LogP contribution < -0.4 is 5.32 Å². The van der Waals surface area contributed by atoms with Crippen LogP contribution in [0.3, 0.4) is 0 Å². The second-order valence-corrected chi connectivity index (χ2v) is 4.88. The Morgan fingerprint density at radius 2 is 1.75 bits per heavy atom. The number of nitrogens with one attached hydrogen (secondary N) is 1. The average molecular weight is 228 g/mol. The molecule has 2 aliphatic rings. The minimum atomic E-state index is -0.709. The Hall–Kier alpha value is -0.650. The van der Waals surface area contributed by atoms with Gasteiger partial charge < -0.3 is 15.5 Å². The molecule has 1 saturated heterocycles. The molecule has 0 aromatic heterocycles. The molecule has 0 bridgehead atoms. The molecule has 0 spiro atoms. The summed E-state index contributed by atoms with van der Waals surface area (Å²) in [7, 11) is 0. The summed E-state index contributed by atoms with van der Waals surface area (Å²) in [6.45, 7) is 1.06. The van der Waals surface area contributed by atoms with Crippen LogP contribution in [-0.2, 0) is 4.79 Å². The number of β-amino-alcohol motifs (C(OH)–C–C–N with tert-alkyl or cyclic N) is 2. The number of aliphatic hydroxyl groups excluding tert-OH is 2. The van der Waals surface area contributed by atoms with Crippen molar-refractivity contribution in [2.24, 2.45) is 0 Å². The average Bonchev–Trinajstić information content (AvgIpc) is 2.78. The van der Waals surface area contributed by atoms with E-state index in [9.17, 15) is 15.0 Å². The first kappa shape index (κ1) is 11.8. The first-order valence-electron chi connectivity index (χ1n) is 6.03. The van der Waals surface area contributed by atoms with Gasteiger partial charge in [0.15, 0.2) is 0 Å². The molecule has 1 heterocycles. The van der Waals surface area contributed by atoms with Crippen molar-refractivity contribution in [1.29, 1.82) is 0 Å². The lowest BCUT2D eigenvalue weighted by atomic mass is 10.2. The Kier molecular flexibility index (Phi) is 3.78. The van der Waals surface area contributed by atoms with Crippen LogP contribution >= 0.6 is 0 Å². The van der Waals surface area contributed by atoms with E-state index in [0.29, 0.717) is 19.1 Å². The van der Waals surface area contributed by atoms with Crippen LogP contribution in [0.15, 0.2) is 0 Å². The molecule has 0 radical (unpaired) electrons. The molecule has 2 unspecified atom stereocenters. The van der Waals surface area contributed by atoms with Crippen molar-refractivity contribution in [3.8, 4) is 0 Å². The fourth-order valence-corrected chi connectivity index (χ4v) is 2.52. The van der Waals surface area contributed by atoms with Crippen LogP contribution in [0.2, 0.25) is 0 Å². The Morgan fingerprint density at radius 3 is 2.31 bits per heavy atom. The van der Waals surface area contributed by atoms with Gasteiger partial charge in [0.25, 0.3) is 0 Å². The van der Waals surface area contributed by atoms with Crippen molar-refractivity contribution in [3.05, 3.63) is 0 Å². The number of amides is 1. The number of nitrogens with zero attached hydrogens (tertiary/aromatic N) is 1. The van der Waals surface area contributed by atoms with Crippen LogP contribution in [0.25, 0.3) is 0 Å². The molecule has 0 aromatic rings. The first-order valence-corrected chi connectivity index (χ1v) is 6.03. The lowest BCUT2D eigenvalue weighted by Crippen LogP contribution is -2.40. The van der Waals surface area contributed by atoms with E-state index in [-0.39, 0.29) is 12.5 Å². The summed E-state index contributed by atoms with van der Waals surface area (Å²) in [5.41, 5.74) is 0. The maximum absolute atomic E-state index is 11.7. The lowest BCUT2D eigenvalue weighted by Gasteiger charge is -2.17. The highest BCUT2D eigenvalue weighted by atomic mass is 16.3. The van der Waals surface area contributed by atoms with Gasteiger partial charge in [-0.15, -0.1) is 0 Å². The topological polar surface area (TPSA) is 72.8 Å². The molecule has 5 nitrogen and oxygen atoms in total. The van der Waals surface area contributed by atoms with E-state index in [1.165, 1.54) is 12.8 Å². The summed E-state index contributed by atoms with van der Waals surface area (Å²) in [5, 5.41) is 21.7. The number of likely N-dealkylation sites (tertiary alicyclic amines) is 1. The number of rotatable bonds is 3. The van der Waals surface area contributed by atoms with Gasteiger partial charge in [0.2, 0.25) is 5.91 Å².